The van der Waals surface area contributed by atoms with Crippen LogP contribution < -0.4 is 0 Å². The van der Waals surface area contributed by atoms with E-state index in [2.05, 4.69) is 27.7 Å². The number of aliphatic imine (C=N–C) groups is 1. The Bertz CT molecular complexity index is 560. The molecule has 0 amide bonds. The first kappa shape index (κ1) is 13.8. The summed E-state index contributed by atoms with van der Waals surface area (Å²) in [5, 5.41) is 0. The van der Waals surface area contributed by atoms with Gasteiger partial charge in [-0.05, 0) is 66.2 Å². The van der Waals surface area contributed by atoms with E-state index in [-0.39, 0.29) is 11.2 Å². The molecule has 20 heavy (non-hydrogen) atoms. The van der Waals surface area contributed by atoms with Crippen LogP contribution in [0.5, 0.6) is 0 Å². The lowest BCUT2D eigenvalue weighted by molar-refractivity contribution is -0.110. The summed E-state index contributed by atoms with van der Waals surface area (Å²) in [5.74, 6) is 0.698. The van der Waals surface area contributed by atoms with Crippen LogP contribution in [0.1, 0.15) is 53.9 Å². The Morgan fingerprint density at radius 2 is 1.90 bits per heavy atom. The lowest BCUT2D eigenvalue weighted by atomic mass is 9.57. The fraction of sp³-hybridized carbons (Fsp3) is 0.667. The zero-order valence-electron chi connectivity index (χ0n) is 13.3. The molecule has 1 aliphatic heterocycles. The monoisotopic (exact) mass is 271 g/mol. The summed E-state index contributed by atoms with van der Waals surface area (Å²) in [6, 6.07) is 0.414. The van der Waals surface area contributed by atoms with Crippen molar-refractivity contribution in [2.75, 3.05) is 0 Å². The van der Waals surface area contributed by atoms with Crippen LogP contribution >= 0.6 is 0 Å². The zero-order chi connectivity index (χ0) is 14.7. The van der Waals surface area contributed by atoms with Crippen LogP contribution in [-0.4, -0.2) is 17.5 Å². The molecule has 0 unspecified atom stereocenters. The summed E-state index contributed by atoms with van der Waals surface area (Å²) in [7, 11) is 0. The second-order valence-corrected chi connectivity index (χ2v) is 8.07. The molecule has 1 saturated carbocycles. The number of carbonyl (C=O) groups is 1. The van der Waals surface area contributed by atoms with Crippen molar-refractivity contribution in [1.29, 1.82) is 0 Å². The number of hydrogen-bond acceptors (Lipinski definition) is 2. The Hall–Kier alpha value is -1.18. The zero-order valence-corrected chi connectivity index (χ0v) is 13.3. The third-order valence-electron chi connectivity index (χ3n) is 5.55. The van der Waals surface area contributed by atoms with Gasteiger partial charge in [0, 0.05) is 0 Å². The molecule has 2 aliphatic carbocycles. The van der Waals surface area contributed by atoms with Gasteiger partial charge in [-0.3, -0.25) is 9.79 Å². The van der Waals surface area contributed by atoms with Crippen molar-refractivity contribution >= 4 is 11.5 Å². The molecule has 2 nitrogen and oxygen atoms in total. The minimum absolute atomic E-state index is 0.0590. The SMILES string of the molecule is CC1=CC(=O)C=C2C1=N[C@@H]1CC(C)(C)CC[C@H]1C2(C)C. The average Bonchev–Trinajstić information content (AvgIpc) is 2.29. The molecule has 0 radical (unpaired) electrons. The smallest absolute Gasteiger partial charge is 0.179 e. The molecular weight excluding hydrogens is 246 g/mol. The van der Waals surface area contributed by atoms with Crippen molar-refractivity contribution in [3.63, 3.8) is 0 Å². The Morgan fingerprint density at radius 3 is 2.60 bits per heavy atom. The molecule has 0 saturated heterocycles. The van der Waals surface area contributed by atoms with Crippen molar-refractivity contribution < 1.29 is 4.79 Å². The van der Waals surface area contributed by atoms with Gasteiger partial charge in [0.05, 0.1) is 11.8 Å². The van der Waals surface area contributed by atoms with Gasteiger partial charge < -0.3 is 0 Å². The Labute approximate surface area is 122 Å². The number of rotatable bonds is 0. The van der Waals surface area contributed by atoms with Gasteiger partial charge in [0.1, 0.15) is 0 Å². The highest BCUT2D eigenvalue weighted by Gasteiger charge is 2.48. The molecule has 3 aliphatic rings. The maximum Gasteiger partial charge on any atom is 0.179 e. The quantitative estimate of drug-likeness (QED) is 0.609. The van der Waals surface area contributed by atoms with E-state index in [0.29, 0.717) is 17.4 Å². The fourth-order valence-corrected chi connectivity index (χ4v) is 4.30. The van der Waals surface area contributed by atoms with Gasteiger partial charge >= 0.3 is 0 Å². The van der Waals surface area contributed by atoms with E-state index >= 15 is 0 Å². The predicted octanol–water partition coefficient (Wildman–Crippen LogP) is 4.12. The van der Waals surface area contributed by atoms with E-state index in [0.717, 1.165) is 11.3 Å². The molecule has 0 bridgehead atoms. The van der Waals surface area contributed by atoms with Crippen molar-refractivity contribution in [2.24, 2.45) is 21.7 Å². The number of fused-ring (bicyclic) bond motifs is 2. The first-order valence-corrected chi connectivity index (χ1v) is 7.74. The van der Waals surface area contributed by atoms with Crippen LogP contribution in [0.25, 0.3) is 0 Å². The normalized spacial score (nSPS) is 34.5. The van der Waals surface area contributed by atoms with Crippen LogP contribution in [0.15, 0.2) is 28.3 Å². The summed E-state index contributed by atoms with van der Waals surface area (Å²) < 4.78 is 0. The topological polar surface area (TPSA) is 29.4 Å². The van der Waals surface area contributed by atoms with E-state index in [1.165, 1.54) is 24.8 Å². The fourth-order valence-electron chi connectivity index (χ4n) is 4.30. The van der Waals surface area contributed by atoms with Crippen LogP contribution in [0.2, 0.25) is 0 Å². The van der Waals surface area contributed by atoms with E-state index in [9.17, 15) is 4.79 Å². The maximum absolute atomic E-state index is 11.9. The molecule has 0 aromatic heterocycles. The average molecular weight is 271 g/mol. The Morgan fingerprint density at radius 1 is 1.20 bits per heavy atom. The predicted molar refractivity (Wildman–Crippen MR) is 83.0 cm³/mol. The number of nitrogens with zero attached hydrogens (tertiary/aromatic N) is 1. The molecule has 0 aromatic rings. The lowest BCUT2D eigenvalue weighted by Crippen LogP contribution is -2.47. The van der Waals surface area contributed by atoms with Crippen LogP contribution in [0, 0.1) is 16.7 Å². The third kappa shape index (κ3) is 2.01. The van der Waals surface area contributed by atoms with Gasteiger partial charge in [-0.25, -0.2) is 0 Å². The van der Waals surface area contributed by atoms with Gasteiger partial charge in [0.2, 0.25) is 0 Å². The van der Waals surface area contributed by atoms with Gasteiger partial charge in [-0.2, -0.15) is 0 Å². The van der Waals surface area contributed by atoms with Crippen LogP contribution in [0.4, 0.5) is 0 Å². The Kier molecular flexibility index (Phi) is 2.87. The standard InChI is InChI=1S/C18H25NO/c1-11-8-12(20)9-14-16(11)19-15-10-17(2,3)7-6-13(15)18(14,4)5/h8-9,13,15H,6-7,10H2,1-5H3/t13-,15-/m1/s1. The highest BCUT2D eigenvalue weighted by molar-refractivity contribution is 6.23. The minimum atomic E-state index is 0.0590. The van der Waals surface area contributed by atoms with Crippen molar-refractivity contribution in [1.82, 2.24) is 0 Å². The molecule has 2 heteroatoms. The van der Waals surface area contributed by atoms with Crippen LogP contribution in [-0.2, 0) is 4.79 Å². The van der Waals surface area contributed by atoms with E-state index in [1.807, 2.05) is 13.0 Å². The molecule has 3 rings (SSSR count). The van der Waals surface area contributed by atoms with Crippen molar-refractivity contribution in [2.45, 2.75) is 59.9 Å². The summed E-state index contributed by atoms with van der Waals surface area (Å²) in [5.41, 5.74) is 3.76. The highest BCUT2D eigenvalue weighted by Crippen LogP contribution is 2.53. The molecule has 1 fully saturated rings. The first-order chi connectivity index (χ1) is 9.21. The van der Waals surface area contributed by atoms with Crippen LogP contribution in [0.3, 0.4) is 0 Å². The van der Waals surface area contributed by atoms with E-state index in [1.54, 1.807) is 6.08 Å². The molecule has 0 aromatic carbocycles. The first-order valence-electron chi connectivity index (χ1n) is 7.74. The molecule has 2 atom stereocenters. The molecule has 1 heterocycles. The number of allylic oxidation sites excluding steroid dienone is 4. The van der Waals surface area contributed by atoms with Gasteiger partial charge in [0.25, 0.3) is 0 Å². The largest absolute Gasteiger partial charge is 0.290 e. The highest BCUT2D eigenvalue weighted by atomic mass is 16.1. The van der Waals surface area contributed by atoms with Crippen molar-refractivity contribution in [3.8, 4) is 0 Å². The van der Waals surface area contributed by atoms with Gasteiger partial charge in [-0.15, -0.1) is 0 Å². The van der Waals surface area contributed by atoms with Crippen molar-refractivity contribution in [3.05, 3.63) is 23.3 Å². The summed E-state index contributed by atoms with van der Waals surface area (Å²) >= 11 is 0. The summed E-state index contributed by atoms with van der Waals surface area (Å²) in [6.07, 6.45) is 7.20. The lowest BCUT2D eigenvalue weighted by Gasteiger charge is -2.50. The molecule has 0 N–H and O–H groups in total. The summed E-state index contributed by atoms with van der Waals surface area (Å²) in [4.78, 5) is 16.9. The summed E-state index contributed by atoms with van der Waals surface area (Å²) in [6.45, 7) is 11.3. The van der Waals surface area contributed by atoms with E-state index in [4.69, 9.17) is 4.99 Å². The van der Waals surface area contributed by atoms with E-state index < -0.39 is 0 Å². The molecule has 108 valence electrons. The number of hydrogen-bond donors (Lipinski definition) is 0. The number of ketones is 1. The number of carbonyl (C=O) groups excluding carboxylic acids is 1. The molecular formula is C18H25NO. The minimum Gasteiger partial charge on any atom is -0.290 e. The Balaban J connectivity index is 2.09. The second kappa shape index (κ2) is 4.16. The third-order valence-corrected chi connectivity index (χ3v) is 5.55. The van der Waals surface area contributed by atoms with Gasteiger partial charge in [0.15, 0.2) is 5.78 Å². The molecule has 0 spiro atoms. The maximum atomic E-state index is 11.9. The van der Waals surface area contributed by atoms with Gasteiger partial charge in [-0.1, -0.05) is 27.7 Å². The second-order valence-electron chi connectivity index (χ2n) is 8.07.